The van der Waals surface area contributed by atoms with E-state index in [0.29, 0.717) is 23.5 Å². The quantitative estimate of drug-likeness (QED) is 0.461. The lowest BCUT2D eigenvalue weighted by molar-refractivity contribution is 0.000399. The highest BCUT2D eigenvalue weighted by Crippen LogP contribution is 2.63. The number of fused-ring (bicyclic) bond motifs is 1. The van der Waals surface area contributed by atoms with E-state index >= 15 is 0 Å². The van der Waals surface area contributed by atoms with Gasteiger partial charge in [-0.3, -0.25) is 4.55 Å². The SMILES string of the molecule is CCc1c(O)c2c(c(S(=O)(=O)O)c1OC)OCC(C)(CC(C)(C)C)C2C(C)(C)CC(C)C. The van der Waals surface area contributed by atoms with Gasteiger partial charge in [-0.25, -0.2) is 0 Å². The maximum atomic E-state index is 12.5. The highest BCUT2D eigenvalue weighted by atomic mass is 32.2. The summed E-state index contributed by atoms with van der Waals surface area (Å²) in [5.74, 6) is 0.186. The van der Waals surface area contributed by atoms with Gasteiger partial charge in [0.1, 0.15) is 5.75 Å². The predicted octanol–water partition coefficient (Wildman–Crippen LogP) is 6.20. The first kappa shape index (κ1) is 26.8. The fourth-order valence-electron chi connectivity index (χ4n) is 6.47. The fraction of sp³-hybridized carbons (Fsp3) is 0.760. The van der Waals surface area contributed by atoms with Crippen LogP contribution in [-0.4, -0.2) is 31.8 Å². The van der Waals surface area contributed by atoms with Crippen molar-refractivity contribution < 1.29 is 27.6 Å². The second-order valence-corrected chi connectivity index (χ2v) is 13.3. The molecule has 184 valence electrons. The molecule has 0 aliphatic carbocycles. The molecular weight excluding hydrogens is 428 g/mol. The molecule has 2 unspecified atom stereocenters. The van der Waals surface area contributed by atoms with Gasteiger partial charge in [0.15, 0.2) is 16.4 Å². The molecule has 1 heterocycles. The molecule has 0 saturated carbocycles. The van der Waals surface area contributed by atoms with E-state index in [1.165, 1.54) is 7.11 Å². The van der Waals surface area contributed by atoms with Crippen LogP contribution in [0.1, 0.15) is 92.2 Å². The molecule has 32 heavy (non-hydrogen) atoms. The molecule has 0 radical (unpaired) electrons. The van der Waals surface area contributed by atoms with Crippen LogP contribution < -0.4 is 9.47 Å². The van der Waals surface area contributed by atoms with E-state index in [9.17, 15) is 18.1 Å². The Balaban J connectivity index is 3.02. The molecule has 1 aliphatic heterocycles. The summed E-state index contributed by atoms with van der Waals surface area (Å²) in [7, 11) is -3.33. The molecule has 0 saturated heterocycles. The molecule has 0 spiro atoms. The van der Waals surface area contributed by atoms with Gasteiger partial charge >= 0.3 is 10.1 Å². The Morgan fingerprint density at radius 3 is 2.19 bits per heavy atom. The summed E-state index contributed by atoms with van der Waals surface area (Å²) in [5, 5.41) is 11.5. The van der Waals surface area contributed by atoms with Crippen molar-refractivity contribution in [3.63, 3.8) is 0 Å². The summed E-state index contributed by atoms with van der Waals surface area (Å²) in [6.45, 7) is 19.5. The van der Waals surface area contributed by atoms with Crippen LogP contribution in [0.25, 0.3) is 0 Å². The van der Waals surface area contributed by atoms with Crippen molar-refractivity contribution in [1.82, 2.24) is 0 Å². The number of hydrogen-bond donors (Lipinski definition) is 2. The van der Waals surface area contributed by atoms with Gasteiger partial charge in [0.25, 0.3) is 0 Å². The molecule has 2 N–H and O–H groups in total. The van der Waals surface area contributed by atoms with Gasteiger partial charge in [-0.05, 0) is 36.0 Å². The summed E-state index contributed by atoms with van der Waals surface area (Å²) >= 11 is 0. The van der Waals surface area contributed by atoms with E-state index in [2.05, 4.69) is 55.4 Å². The lowest BCUT2D eigenvalue weighted by atomic mass is 9.55. The number of benzene rings is 1. The van der Waals surface area contributed by atoms with Gasteiger partial charge in [0.05, 0.1) is 13.7 Å². The normalized spacial score (nSPS) is 21.9. The number of rotatable bonds is 7. The Morgan fingerprint density at radius 1 is 1.22 bits per heavy atom. The molecule has 1 aromatic rings. The Labute approximate surface area is 194 Å². The van der Waals surface area contributed by atoms with Crippen LogP contribution in [-0.2, 0) is 16.5 Å². The molecule has 6 nitrogen and oxygen atoms in total. The van der Waals surface area contributed by atoms with Crippen LogP contribution in [0.2, 0.25) is 0 Å². The summed E-state index contributed by atoms with van der Waals surface area (Å²) < 4.78 is 46.7. The van der Waals surface area contributed by atoms with Crippen LogP contribution in [0, 0.1) is 22.2 Å². The maximum absolute atomic E-state index is 12.5. The van der Waals surface area contributed by atoms with E-state index in [1.54, 1.807) is 0 Å². The Hall–Kier alpha value is -1.47. The van der Waals surface area contributed by atoms with E-state index in [1.807, 2.05) is 6.92 Å². The number of methoxy groups -OCH3 is 1. The number of phenolic OH excluding ortho intramolecular Hbond substituents is 1. The van der Waals surface area contributed by atoms with Crippen LogP contribution in [0.5, 0.6) is 17.2 Å². The molecule has 7 heteroatoms. The predicted molar refractivity (Wildman–Crippen MR) is 128 cm³/mol. The fourth-order valence-corrected chi connectivity index (χ4v) is 7.31. The highest BCUT2D eigenvalue weighted by Gasteiger charge is 2.53. The lowest BCUT2D eigenvalue weighted by Gasteiger charge is -2.52. The number of hydrogen-bond acceptors (Lipinski definition) is 5. The second kappa shape index (κ2) is 8.71. The van der Waals surface area contributed by atoms with Gasteiger partial charge in [-0.15, -0.1) is 0 Å². The van der Waals surface area contributed by atoms with Crippen molar-refractivity contribution in [2.45, 2.75) is 92.4 Å². The largest absolute Gasteiger partial charge is 0.507 e. The highest BCUT2D eigenvalue weighted by molar-refractivity contribution is 7.86. The topological polar surface area (TPSA) is 93.1 Å². The smallest absolute Gasteiger partial charge is 0.301 e. The van der Waals surface area contributed by atoms with Gasteiger partial charge in [-0.1, -0.05) is 62.3 Å². The second-order valence-electron chi connectivity index (χ2n) is 12.0. The third kappa shape index (κ3) is 5.04. The van der Waals surface area contributed by atoms with E-state index in [-0.39, 0.29) is 50.9 Å². The minimum atomic E-state index is -4.66. The summed E-state index contributed by atoms with van der Waals surface area (Å²) in [5.41, 5.74) is 0.188. The Bertz CT molecular complexity index is 956. The lowest BCUT2D eigenvalue weighted by Crippen LogP contribution is -2.46. The first-order valence-corrected chi connectivity index (χ1v) is 12.9. The Morgan fingerprint density at radius 2 is 1.78 bits per heavy atom. The number of aromatic hydroxyl groups is 1. The van der Waals surface area contributed by atoms with Gasteiger partial charge in [0.2, 0.25) is 0 Å². The average Bonchev–Trinajstić information content (AvgIpc) is 2.57. The van der Waals surface area contributed by atoms with Crippen molar-refractivity contribution >= 4 is 10.1 Å². The molecule has 0 aromatic heterocycles. The minimum absolute atomic E-state index is 0.00779. The summed E-state index contributed by atoms with van der Waals surface area (Å²) in [6.07, 6.45) is 2.04. The molecule has 2 rings (SSSR count). The van der Waals surface area contributed by atoms with Crippen LogP contribution in [0.4, 0.5) is 0 Å². The zero-order valence-electron chi connectivity index (χ0n) is 21.4. The van der Waals surface area contributed by atoms with E-state index in [0.717, 1.165) is 12.8 Å². The first-order valence-electron chi connectivity index (χ1n) is 11.5. The zero-order valence-corrected chi connectivity index (χ0v) is 22.2. The molecule has 2 atom stereocenters. The Kier molecular flexibility index (Phi) is 7.29. The van der Waals surface area contributed by atoms with Gasteiger partial charge in [-0.2, -0.15) is 8.42 Å². The van der Waals surface area contributed by atoms with E-state index in [4.69, 9.17) is 9.47 Å². The molecular formula is C25H42O6S. The third-order valence-electron chi connectivity index (χ3n) is 6.47. The van der Waals surface area contributed by atoms with Crippen molar-refractivity contribution in [3.05, 3.63) is 11.1 Å². The third-order valence-corrected chi connectivity index (χ3v) is 7.36. The minimum Gasteiger partial charge on any atom is -0.507 e. The number of phenols is 1. The van der Waals surface area contributed by atoms with Crippen LogP contribution >= 0.6 is 0 Å². The van der Waals surface area contributed by atoms with Crippen molar-refractivity contribution in [2.75, 3.05) is 13.7 Å². The zero-order chi connectivity index (χ0) is 24.9. The van der Waals surface area contributed by atoms with Crippen molar-refractivity contribution in [2.24, 2.45) is 22.2 Å². The molecule has 0 bridgehead atoms. The maximum Gasteiger partial charge on any atom is 0.301 e. The van der Waals surface area contributed by atoms with Crippen LogP contribution in [0.15, 0.2) is 4.90 Å². The first-order chi connectivity index (χ1) is 14.4. The molecule has 1 aliphatic rings. The van der Waals surface area contributed by atoms with Gasteiger partial charge < -0.3 is 14.6 Å². The van der Waals surface area contributed by atoms with E-state index < -0.39 is 10.1 Å². The standard InChI is InChI=1S/C25H42O6S/c1-11-16-18(26)17-20(21(19(16)30-10)32(27,28)29)31-14-25(9,13-23(4,5)6)22(17)24(7,8)12-15(2)3/h15,22,26H,11-14H2,1-10H3,(H,27,28,29). The average molecular weight is 471 g/mol. The van der Waals surface area contributed by atoms with Gasteiger partial charge in [0, 0.05) is 22.5 Å². The van der Waals surface area contributed by atoms with Crippen LogP contribution in [0.3, 0.4) is 0 Å². The molecule has 0 fully saturated rings. The number of ether oxygens (including phenoxy) is 2. The van der Waals surface area contributed by atoms with Crippen molar-refractivity contribution in [3.8, 4) is 17.2 Å². The summed E-state index contributed by atoms with van der Waals surface area (Å²) in [6, 6.07) is 0. The molecule has 0 amide bonds. The monoisotopic (exact) mass is 470 g/mol. The van der Waals surface area contributed by atoms with Crippen molar-refractivity contribution in [1.29, 1.82) is 0 Å². The summed E-state index contributed by atoms with van der Waals surface area (Å²) in [4.78, 5) is -0.382. The molecule has 1 aromatic carbocycles.